The van der Waals surface area contributed by atoms with Crippen molar-refractivity contribution in [2.75, 3.05) is 26.7 Å². The lowest BCUT2D eigenvalue weighted by atomic mass is 10.1. The van der Waals surface area contributed by atoms with Crippen LogP contribution in [0.4, 0.5) is 0 Å². The second-order valence-electron chi connectivity index (χ2n) is 4.90. The summed E-state index contributed by atoms with van der Waals surface area (Å²) >= 11 is 3.48. The molecule has 0 aliphatic carbocycles. The Morgan fingerprint density at radius 3 is 2.59 bits per heavy atom. The normalized spacial score (nSPS) is 22.9. The monoisotopic (exact) mass is 296 g/mol. The minimum atomic E-state index is 0.721. The molecule has 1 aliphatic rings. The molecule has 0 spiro atoms. The third-order valence-corrected chi connectivity index (χ3v) is 4.18. The Labute approximate surface area is 113 Å². The van der Waals surface area contributed by atoms with Crippen molar-refractivity contribution in [1.29, 1.82) is 0 Å². The van der Waals surface area contributed by atoms with E-state index >= 15 is 0 Å². The van der Waals surface area contributed by atoms with Crippen LogP contribution in [0.5, 0.6) is 0 Å². The summed E-state index contributed by atoms with van der Waals surface area (Å²) < 4.78 is 1.16. The number of benzene rings is 1. The van der Waals surface area contributed by atoms with Gasteiger partial charge in [0, 0.05) is 36.7 Å². The van der Waals surface area contributed by atoms with Crippen LogP contribution in [0, 0.1) is 0 Å². The zero-order valence-electron chi connectivity index (χ0n) is 10.7. The molecule has 3 heteroatoms. The quantitative estimate of drug-likeness (QED) is 0.846. The predicted molar refractivity (Wildman–Crippen MR) is 76.1 cm³/mol. The fourth-order valence-corrected chi connectivity index (χ4v) is 2.71. The molecule has 0 N–H and O–H groups in total. The first-order valence-corrected chi connectivity index (χ1v) is 7.15. The molecule has 2 nitrogen and oxygen atoms in total. The molecule has 1 aromatic carbocycles. The number of nitrogens with zero attached hydrogens (tertiary/aromatic N) is 2. The van der Waals surface area contributed by atoms with Gasteiger partial charge in [0.25, 0.3) is 0 Å². The zero-order valence-corrected chi connectivity index (χ0v) is 12.3. The highest BCUT2D eigenvalue weighted by atomic mass is 79.9. The summed E-state index contributed by atoms with van der Waals surface area (Å²) in [5.74, 6) is 0. The molecule has 2 rings (SSSR count). The second kappa shape index (κ2) is 5.98. The van der Waals surface area contributed by atoms with Gasteiger partial charge in [-0.1, -0.05) is 35.0 Å². The third kappa shape index (κ3) is 3.54. The molecule has 1 unspecified atom stereocenters. The molecule has 94 valence electrons. The first-order chi connectivity index (χ1) is 8.19. The SMILES string of the molecule is CCC1CN(Cc2ccc(Br)cc2)CCN1C. The van der Waals surface area contributed by atoms with Gasteiger partial charge in [0.2, 0.25) is 0 Å². The molecular weight excluding hydrogens is 276 g/mol. The second-order valence-corrected chi connectivity index (χ2v) is 5.82. The van der Waals surface area contributed by atoms with Crippen molar-refractivity contribution in [3.8, 4) is 0 Å². The molecule has 1 fully saturated rings. The van der Waals surface area contributed by atoms with Gasteiger partial charge in [0.1, 0.15) is 0 Å². The van der Waals surface area contributed by atoms with Crippen molar-refractivity contribution in [3.63, 3.8) is 0 Å². The van der Waals surface area contributed by atoms with Gasteiger partial charge in [-0.25, -0.2) is 0 Å². The number of piperazine rings is 1. The van der Waals surface area contributed by atoms with Crippen LogP contribution in [0.15, 0.2) is 28.7 Å². The average molecular weight is 297 g/mol. The third-order valence-electron chi connectivity index (χ3n) is 3.65. The molecule has 0 aromatic heterocycles. The van der Waals surface area contributed by atoms with Crippen LogP contribution in [-0.4, -0.2) is 42.5 Å². The summed E-state index contributed by atoms with van der Waals surface area (Å²) in [4.78, 5) is 5.05. The van der Waals surface area contributed by atoms with Crippen LogP contribution < -0.4 is 0 Å². The molecule has 1 saturated heterocycles. The Morgan fingerprint density at radius 2 is 1.94 bits per heavy atom. The van der Waals surface area contributed by atoms with E-state index in [-0.39, 0.29) is 0 Å². The molecule has 1 atom stereocenters. The molecule has 0 radical (unpaired) electrons. The Bertz CT molecular complexity index is 350. The van der Waals surface area contributed by atoms with Crippen molar-refractivity contribution >= 4 is 15.9 Å². The summed E-state index contributed by atoms with van der Waals surface area (Å²) in [6.07, 6.45) is 1.24. The Hall–Kier alpha value is -0.380. The van der Waals surface area contributed by atoms with Crippen LogP contribution in [0.2, 0.25) is 0 Å². The van der Waals surface area contributed by atoms with Gasteiger partial charge in [0.15, 0.2) is 0 Å². The highest BCUT2D eigenvalue weighted by Gasteiger charge is 2.22. The number of hydrogen-bond acceptors (Lipinski definition) is 2. The summed E-state index contributed by atoms with van der Waals surface area (Å²) in [5.41, 5.74) is 1.41. The van der Waals surface area contributed by atoms with Crippen molar-refractivity contribution in [2.24, 2.45) is 0 Å². The summed E-state index contributed by atoms with van der Waals surface area (Å²) in [5, 5.41) is 0. The van der Waals surface area contributed by atoms with E-state index in [0.717, 1.165) is 17.1 Å². The van der Waals surface area contributed by atoms with Gasteiger partial charge in [-0.3, -0.25) is 4.90 Å². The van der Waals surface area contributed by atoms with E-state index in [1.165, 1.54) is 31.6 Å². The van der Waals surface area contributed by atoms with E-state index in [2.05, 4.69) is 64.0 Å². The standard InChI is InChI=1S/C14H21BrN2/c1-3-14-11-17(9-8-16(14)2)10-12-4-6-13(15)7-5-12/h4-7,14H,3,8-11H2,1-2H3. The van der Waals surface area contributed by atoms with E-state index < -0.39 is 0 Å². The topological polar surface area (TPSA) is 6.48 Å². The van der Waals surface area contributed by atoms with Crippen molar-refractivity contribution in [2.45, 2.75) is 25.9 Å². The number of halogens is 1. The fourth-order valence-electron chi connectivity index (χ4n) is 2.44. The van der Waals surface area contributed by atoms with Crippen molar-refractivity contribution < 1.29 is 0 Å². The Kier molecular flexibility index (Phi) is 4.60. The zero-order chi connectivity index (χ0) is 12.3. The van der Waals surface area contributed by atoms with Gasteiger partial charge in [0.05, 0.1) is 0 Å². The summed E-state index contributed by atoms with van der Waals surface area (Å²) in [6.45, 7) is 6.93. The lowest BCUT2D eigenvalue weighted by Crippen LogP contribution is -2.50. The number of rotatable bonds is 3. The van der Waals surface area contributed by atoms with Gasteiger partial charge in [-0.05, 0) is 31.2 Å². The Balaban J connectivity index is 1.93. The molecule has 1 heterocycles. The summed E-state index contributed by atoms with van der Waals surface area (Å²) in [7, 11) is 2.24. The minimum absolute atomic E-state index is 0.721. The van der Waals surface area contributed by atoms with E-state index in [0.29, 0.717) is 0 Å². The molecular formula is C14H21BrN2. The molecule has 0 amide bonds. The van der Waals surface area contributed by atoms with E-state index in [1.54, 1.807) is 0 Å². The smallest absolute Gasteiger partial charge is 0.0234 e. The Morgan fingerprint density at radius 1 is 1.24 bits per heavy atom. The maximum Gasteiger partial charge on any atom is 0.0234 e. The van der Waals surface area contributed by atoms with Crippen LogP contribution in [0.3, 0.4) is 0 Å². The van der Waals surface area contributed by atoms with Crippen LogP contribution in [0.25, 0.3) is 0 Å². The lowest BCUT2D eigenvalue weighted by molar-refractivity contribution is 0.0884. The van der Waals surface area contributed by atoms with Gasteiger partial charge in [-0.15, -0.1) is 0 Å². The number of hydrogen-bond donors (Lipinski definition) is 0. The maximum atomic E-state index is 3.48. The highest BCUT2D eigenvalue weighted by Crippen LogP contribution is 2.16. The first kappa shape index (κ1) is 13.1. The average Bonchev–Trinajstić information content (AvgIpc) is 2.34. The van der Waals surface area contributed by atoms with Crippen LogP contribution in [0.1, 0.15) is 18.9 Å². The van der Waals surface area contributed by atoms with E-state index in [4.69, 9.17) is 0 Å². The molecule has 1 aromatic rings. The predicted octanol–water partition coefficient (Wildman–Crippen LogP) is 2.98. The highest BCUT2D eigenvalue weighted by molar-refractivity contribution is 9.10. The van der Waals surface area contributed by atoms with Crippen molar-refractivity contribution in [1.82, 2.24) is 9.80 Å². The molecule has 17 heavy (non-hydrogen) atoms. The molecule has 1 aliphatic heterocycles. The van der Waals surface area contributed by atoms with Gasteiger partial charge < -0.3 is 4.90 Å². The van der Waals surface area contributed by atoms with Gasteiger partial charge in [-0.2, -0.15) is 0 Å². The lowest BCUT2D eigenvalue weighted by Gasteiger charge is -2.39. The molecule has 0 saturated carbocycles. The van der Waals surface area contributed by atoms with Crippen molar-refractivity contribution in [3.05, 3.63) is 34.3 Å². The summed E-state index contributed by atoms with van der Waals surface area (Å²) in [6, 6.07) is 9.40. The maximum absolute atomic E-state index is 3.48. The largest absolute Gasteiger partial charge is 0.301 e. The number of likely N-dealkylation sites (N-methyl/N-ethyl adjacent to an activating group) is 1. The van der Waals surface area contributed by atoms with Crippen LogP contribution in [-0.2, 0) is 6.54 Å². The first-order valence-electron chi connectivity index (χ1n) is 6.36. The van der Waals surface area contributed by atoms with E-state index in [9.17, 15) is 0 Å². The molecule has 0 bridgehead atoms. The van der Waals surface area contributed by atoms with E-state index in [1.807, 2.05) is 0 Å². The van der Waals surface area contributed by atoms with Crippen LogP contribution >= 0.6 is 15.9 Å². The fraction of sp³-hybridized carbons (Fsp3) is 0.571. The minimum Gasteiger partial charge on any atom is -0.301 e. The van der Waals surface area contributed by atoms with Gasteiger partial charge >= 0.3 is 0 Å².